The Kier molecular flexibility index (Phi) is 4.96. The Labute approximate surface area is 102 Å². The molecule has 0 spiro atoms. The van der Waals surface area contributed by atoms with Crippen LogP contribution in [0.15, 0.2) is 18.2 Å². The zero-order chi connectivity index (χ0) is 13.7. The first-order valence-corrected chi connectivity index (χ1v) is 5.15. The van der Waals surface area contributed by atoms with Crippen molar-refractivity contribution in [3.05, 3.63) is 24.0 Å². The van der Waals surface area contributed by atoms with Crippen LogP contribution >= 0.6 is 0 Å². The SMILES string of the molecule is CC(OCC(F)F)C(=O)Nc1cc(N)ccc1F. The Morgan fingerprint density at radius 1 is 1.50 bits per heavy atom. The molecule has 0 saturated heterocycles. The standard InChI is InChI=1S/C11H13F3N2O2/c1-6(18-5-10(13)14)11(17)16-9-4-7(15)2-3-8(9)12/h2-4,6,10H,5,15H2,1H3,(H,16,17). The van der Waals surface area contributed by atoms with E-state index in [1.807, 2.05) is 0 Å². The number of alkyl halides is 2. The second-order valence-corrected chi connectivity index (χ2v) is 3.60. The molecule has 18 heavy (non-hydrogen) atoms. The Balaban J connectivity index is 2.61. The van der Waals surface area contributed by atoms with Crippen LogP contribution < -0.4 is 11.1 Å². The highest BCUT2D eigenvalue weighted by Gasteiger charge is 2.17. The van der Waals surface area contributed by atoms with Gasteiger partial charge in [-0.1, -0.05) is 0 Å². The molecule has 0 aliphatic carbocycles. The van der Waals surface area contributed by atoms with E-state index in [2.05, 4.69) is 10.1 Å². The highest BCUT2D eigenvalue weighted by Crippen LogP contribution is 2.17. The number of nitrogen functional groups attached to an aromatic ring is 1. The molecule has 4 nitrogen and oxygen atoms in total. The maximum Gasteiger partial charge on any atom is 0.261 e. The van der Waals surface area contributed by atoms with Gasteiger partial charge in [-0.2, -0.15) is 0 Å². The number of benzene rings is 1. The molecule has 7 heteroatoms. The molecule has 100 valence electrons. The van der Waals surface area contributed by atoms with E-state index in [4.69, 9.17) is 5.73 Å². The number of rotatable bonds is 5. The fourth-order valence-electron chi connectivity index (χ4n) is 1.17. The van der Waals surface area contributed by atoms with Crippen molar-refractivity contribution in [2.24, 2.45) is 0 Å². The monoisotopic (exact) mass is 262 g/mol. The Hall–Kier alpha value is -1.76. The summed E-state index contributed by atoms with van der Waals surface area (Å²) < 4.78 is 41.6. The van der Waals surface area contributed by atoms with Crippen LogP contribution in [0.4, 0.5) is 24.5 Å². The van der Waals surface area contributed by atoms with Crippen LogP contribution in [0.1, 0.15) is 6.92 Å². The number of halogens is 3. The number of nitrogens with two attached hydrogens (primary N) is 1. The fourth-order valence-corrected chi connectivity index (χ4v) is 1.17. The van der Waals surface area contributed by atoms with E-state index in [9.17, 15) is 18.0 Å². The summed E-state index contributed by atoms with van der Waals surface area (Å²) in [5.41, 5.74) is 5.58. The van der Waals surface area contributed by atoms with Crippen molar-refractivity contribution in [1.82, 2.24) is 0 Å². The summed E-state index contributed by atoms with van der Waals surface area (Å²) in [5, 5.41) is 2.21. The number of carbonyl (C=O) groups excluding carboxylic acids is 1. The third kappa shape index (κ3) is 4.25. The minimum Gasteiger partial charge on any atom is -0.399 e. The van der Waals surface area contributed by atoms with Gasteiger partial charge in [-0.25, -0.2) is 13.2 Å². The van der Waals surface area contributed by atoms with Crippen LogP contribution in [0.2, 0.25) is 0 Å². The molecule has 0 heterocycles. The Bertz CT molecular complexity index is 427. The first-order chi connectivity index (χ1) is 8.40. The molecule has 0 aliphatic heterocycles. The first kappa shape index (κ1) is 14.3. The zero-order valence-electron chi connectivity index (χ0n) is 9.62. The topological polar surface area (TPSA) is 64.3 Å². The lowest BCUT2D eigenvalue weighted by molar-refractivity contribution is -0.128. The molecule has 1 atom stereocenters. The van der Waals surface area contributed by atoms with Gasteiger partial charge in [0.25, 0.3) is 12.3 Å². The van der Waals surface area contributed by atoms with Gasteiger partial charge < -0.3 is 15.8 Å². The van der Waals surface area contributed by atoms with Gasteiger partial charge >= 0.3 is 0 Å². The lowest BCUT2D eigenvalue weighted by atomic mass is 10.2. The van der Waals surface area contributed by atoms with Crippen LogP contribution in [-0.4, -0.2) is 25.0 Å². The average molecular weight is 262 g/mol. The molecule has 0 aromatic heterocycles. The summed E-state index contributed by atoms with van der Waals surface area (Å²) in [4.78, 5) is 11.5. The summed E-state index contributed by atoms with van der Waals surface area (Å²) >= 11 is 0. The second kappa shape index (κ2) is 6.25. The lowest BCUT2D eigenvalue weighted by Gasteiger charge is -2.13. The smallest absolute Gasteiger partial charge is 0.261 e. The van der Waals surface area contributed by atoms with Gasteiger partial charge in [0.05, 0.1) is 5.69 Å². The molecule has 1 aromatic rings. The van der Waals surface area contributed by atoms with Crippen molar-refractivity contribution in [1.29, 1.82) is 0 Å². The number of ether oxygens (including phenoxy) is 1. The van der Waals surface area contributed by atoms with E-state index < -0.39 is 30.9 Å². The zero-order valence-corrected chi connectivity index (χ0v) is 9.62. The van der Waals surface area contributed by atoms with Crippen molar-refractivity contribution < 1.29 is 22.7 Å². The second-order valence-electron chi connectivity index (χ2n) is 3.60. The van der Waals surface area contributed by atoms with Crippen molar-refractivity contribution in [2.75, 3.05) is 17.7 Å². The largest absolute Gasteiger partial charge is 0.399 e. The van der Waals surface area contributed by atoms with Gasteiger partial charge in [-0.15, -0.1) is 0 Å². The van der Waals surface area contributed by atoms with Gasteiger partial charge in [0.2, 0.25) is 0 Å². The molecule has 0 fully saturated rings. The van der Waals surface area contributed by atoms with Crippen molar-refractivity contribution in [2.45, 2.75) is 19.5 Å². The van der Waals surface area contributed by atoms with Crippen LogP contribution in [0.3, 0.4) is 0 Å². The molecule has 0 saturated carbocycles. The molecular weight excluding hydrogens is 249 g/mol. The normalized spacial score (nSPS) is 12.5. The number of nitrogens with one attached hydrogen (secondary N) is 1. The van der Waals surface area contributed by atoms with Gasteiger partial charge in [-0.3, -0.25) is 4.79 Å². The maximum absolute atomic E-state index is 13.3. The maximum atomic E-state index is 13.3. The van der Waals surface area contributed by atoms with E-state index in [1.54, 1.807) is 0 Å². The average Bonchev–Trinajstić information content (AvgIpc) is 2.30. The highest BCUT2D eigenvalue weighted by atomic mass is 19.3. The lowest BCUT2D eigenvalue weighted by Crippen LogP contribution is -2.29. The van der Waals surface area contributed by atoms with Crippen LogP contribution in [-0.2, 0) is 9.53 Å². The molecule has 3 N–H and O–H groups in total. The Morgan fingerprint density at radius 2 is 2.17 bits per heavy atom. The summed E-state index contributed by atoms with van der Waals surface area (Å²) in [6.45, 7) is 0.440. The molecule has 1 rings (SSSR count). The van der Waals surface area contributed by atoms with Gasteiger partial charge in [0.1, 0.15) is 18.5 Å². The van der Waals surface area contributed by atoms with E-state index in [0.29, 0.717) is 0 Å². The van der Waals surface area contributed by atoms with Crippen LogP contribution in [0.25, 0.3) is 0 Å². The third-order valence-electron chi connectivity index (χ3n) is 2.09. The van der Waals surface area contributed by atoms with Gasteiger partial charge in [-0.05, 0) is 25.1 Å². The molecule has 1 unspecified atom stereocenters. The summed E-state index contributed by atoms with van der Waals surface area (Å²) in [6.07, 6.45) is -3.77. The van der Waals surface area contributed by atoms with Crippen molar-refractivity contribution in [3.8, 4) is 0 Å². The molecule has 1 amide bonds. The number of anilines is 2. The summed E-state index contributed by atoms with van der Waals surface area (Å²) in [5.74, 6) is -1.39. The fraction of sp³-hybridized carbons (Fsp3) is 0.364. The number of carbonyl (C=O) groups is 1. The molecule has 0 bridgehead atoms. The summed E-state index contributed by atoms with van der Waals surface area (Å²) in [6, 6.07) is 3.66. The van der Waals surface area contributed by atoms with E-state index >= 15 is 0 Å². The predicted molar refractivity (Wildman–Crippen MR) is 60.9 cm³/mol. The molecular formula is C11H13F3N2O2. The minimum atomic E-state index is -2.66. The first-order valence-electron chi connectivity index (χ1n) is 5.15. The van der Waals surface area contributed by atoms with Crippen LogP contribution in [0, 0.1) is 5.82 Å². The molecule has 0 radical (unpaired) electrons. The highest BCUT2D eigenvalue weighted by molar-refractivity contribution is 5.94. The van der Waals surface area contributed by atoms with Gasteiger partial charge in [0.15, 0.2) is 0 Å². The van der Waals surface area contributed by atoms with E-state index in [0.717, 1.165) is 6.07 Å². The van der Waals surface area contributed by atoms with E-state index in [1.165, 1.54) is 19.1 Å². The quantitative estimate of drug-likeness (QED) is 0.798. The predicted octanol–water partition coefficient (Wildman–Crippen LogP) is 2.02. The van der Waals surface area contributed by atoms with E-state index in [-0.39, 0.29) is 11.4 Å². The van der Waals surface area contributed by atoms with Gasteiger partial charge in [0, 0.05) is 5.69 Å². The minimum absolute atomic E-state index is 0.118. The molecule has 0 aliphatic rings. The number of amides is 1. The number of hydrogen-bond acceptors (Lipinski definition) is 3. The molecule has 1 aromatic carbocycles. The number of hydrogen-bond donors (Lipinski definition) is 2. The van der Waals surface area contributed by atoms with Crippen molar-refractivity contribution >= 4 is 17.3 Å². The van der Waals surface area contributed by atoms with Crippen LogP contribution in [0.5, 0.6) is 0 Å². The van der Waals surface area contributed by atoms with Crippen molar-refractivity contribution in [3.63, 3.8) is 0 Å². The summed E-state index contributed by atoms with van der Waals surface area (Å²) in [7, 11) is 0. The third-order valence-corrected chi connectivity index (χ3v) is 2.09. The Morgan fingerprint density at radius 3 is 2.78 bits per heavy atom.